The molecule has 1 aromatic heterocycles. The first-order valence-corrected chi connectivity index (χ1v) is 7.39. The average Bonchev–Trinajstić information content (AvgIpc) is 2.53. The number of aromatic nitrogens is 2. The van der Waals surface area contributed by atoms with Gasteiger partial charge in [-0.1, -0.05) is 55.8 Å². The average molecular weight is 334 g/mol. The van der Waals surface area contributed by atoms with E-state index in [4.69, 9.17) is 11.6 Å². The molecule has 1 aromatic carbocycles. The number of rotatable bonds is 5. The predicted molar refractivity (Wildman–Crippen MR) is 85.4 cm³/mol. The van der Waals surface area contributed by atoms with E-state index in [1.54, 1.807) is 30.3 Å². The highest BCUT2D eigenvalue weighted by Gasteiger charge is 2.24. The molecule has 7 heteroatoms. The number of carboxylic acids is 1. The number of amides is 1. The van der Waals surface area contributed by atoms with Gasteiger partial charge < -0.3 is 10.4 Å². The molecule has 0 bridgehead atoms. The Morgan fingerprint density at radius 2 is 1.87 bits per heavy atom. The number of hydrogen-bond donors (Lipinski definition) is 2. The standard InChI is InChI=1S/C16H16ClN3O3/c1-9(2)14-18-8-11(17)13(19-14)15(21)20-12(16(22)23)10-6-4-3-5-7-10/h3-9,12H,1-2H3,(H,20,21)(H,22,23). The van der Waals surface area contributed by atoms with E-state index in [0.29, 0.717) is 11.4 Å². The normalized spacial score (nSPS) is 12.0. The lowest BCUT2D eigenvalue weighted by atomic mass is 10.1. The molecule has 1 amide bonds. The second-order valence-electron chi connectivity index (χ2n) is 5.23. The fourth-order valence-electron chi connectivity index (χ4n) is 1.95. The summed E-state index contributed by atoms with van der Waals surface area (Å²) in [5.41, 5.74) is 0.426. The van der Waals surface area contributed by atoms with Gasteiger partial charge in [0.25, 0.3) is 5.91 Å². The van der Waals surface area contributed by atoms with E-state index < -0.39 is 17.9 Å². The number of aliphatic carboxylic acids is 1. The molecule has 6 nitrogen and oxygen atoms in total. The van der Waals surface area contributed by atoms with Crippen molar-refractivity contribution in [3.63, 3.8) is 0 Å². The molecule has 0 saturated heterocycles. The molecule has 0 aliphatic heterocycles. The van der Waals surface area contributed by atoms with Crippen molar-refractivity contribution in [1.82, 2.24) is 15.3 Å². The predicted octanol–water partition coefficient (Wildman–Crippen LogP) is 2.81. The van der Waals surface area contributed by atoms with Crippen LogP contribution in [0.3, 0.4) is 0 Å². The molecule has 23 heavy (non-hydrogen) atoms. The number of nitrogens with one attached hydrogen (secondary N) is 1. The number of hydrogen-bond acceptors (Lipinski definition) is 4. The molecule has 1 unspecified atom stereocenters. The summed E-state index contributed by atoms with van der Waals surface area (Å²) < 4.78 is 0. The Morgan fingerprint density at radius 1 is 1.22 bits per heavy atom. The molecular formula is C16H16ClN3O3. The molecule has 0 radical (unpaired) electrons. The van der Waals surface area contributed by atoms with Crippen LogP contribution >= 0.6 is 11.6 Å². The maximum Gasteiger partial charge on any atom is 0.330 e. The molecule has 2 rings (SSSR count). The third-order valence-corrected chi connectivity index (χ3v) is 3.43. The summed E-state index contributed by atoms with van der Waals surface area (Å²) in [5.74, 6) is -1.34. The van der Waals surface area contributed by atoms with Crippen LogP contribution in [-0.2, 0) is 4.79 Å². The lowest BCUT2D eigenvalue weighted by molar-refractivity contribution is -0.139. The first-order valence-electron chi connectivity index (χ1n) is 7.01. The number of halogens is 1. The number of nitrogens with zero attached hydrogens (tertiary/aromatic N) is 2. The summed E-state index contributed by atoms with van der Waals surface area (Å²) >= 11 is 5.97. The van der Waals surface area contributed by atoms with E-state index in [0.717, 1.165) is 0 Å². The van der Waals surface area contributed by atoms with Crippen LogP contribution in [0.4, 0.5) is 0 Å². The molecule has 2 N–H and O–H groups in total. The smallest absolute Gasteiger partial charge is 0.330 e. The minimum Gasteiger partial charge on any atom is -0.479 e. The molecule has 0 fully saturated rings. The summed E-state index contributed by atoms with van der Waals surface area (Å²) in [6, 6.07) is 7.23. The van der Waals surface area contributed by atoms with Crippen molar-refractivity contribution < 1.29 is 14.7 Å². The lowest BCUT2D eigenvalue weighted by Crippen LogP contribution is -2.34. The lowest BCUT2D eigenvalue weighted by Gasteiger charge is -2.15. The minimum atomic E-state index is -1.18. The van der Waals surface area contributed by atoms with Crippen LogP contribution in [0, 0.1) is 0 Å². The van der Waals surface area contributed by atoms with Crippen molar-refractivity contribution in [3.8, 4) is 0 Å². The molecule has 1 heterocycles. The third kappa shape index (κ3) is 4.04. The van der Waals surface area contributed by atoms with Crippen LogP contribution < -0.4 is 5.32 Å². The Labute approximate surface area is 138 Å². The Bertz CT molecular complexity index is 720. The Morgan fingerprint density at radius 3 is 2.43 bits per heavy atom. The zero-order chi connectivity index (χ0) is 17.0. The Hall–Kier alpha value is -2.47. The van der Waals surface area contributed by atoms with Crippen LogP contribution in [-0.4, -0.2) is 27.0 Å². The number of benzene rings is 1. The third-order valence-electron chi connectivity index (χ3n) is 3.15. The fraction of sp³-hybridized carbons (Fsp3) is 0.250. The van der Waals surface area contributed by atoms with E-state index in [9.17, 15) is 14.7 Å². The zero-order valence-corrected chi connectivity index (χ0v) is 13.4. The highest BCUT2D eigenvalue weighted by molar-refractivity contribution is 6.33. The van der Waals surface area contributed by atoms with Gasteiger partial charge in [0.05, 0.1) is 11.2 Å². The fourth-order valence-corrected chi connectivity index (χ4v) is 2.13. The van der Waals surface area contributed by atoms with Crippen molar-refractivity contribution in [2.24, 2.45) is 0 Å². The van der Waals surface area contributed by atoms with Crippen LogP contribution in [0.25, 0.3) is 0 Å². The maximum absolute atomic E-state index is 12.4. The van der Waals surface area contributed by atoms with Crippen LogP contribution in [0.15, 0.2) is 36.5 Å². The second kappa shape index (κ2) is 7.19. The first-order chi connectivity index (χ1) is 10.9. The van der Waals surface area contributed by atoms with E-state index in [1.165, 1.54) is 6.20 Å². The van der Waals surface area contributed by atoms with Crippen molar-refractivity contribution >= 4 is 23.5 Å². The van der Waals surface area contributed by atoms with Gasteiger partial charge in [-0.3, -0.25) is 4.79 Å². The molecule has 0 spiro atoms. The highest BCUT2D eigenvalue weighted by atomic mass is 35.5. The number of carboxylic acid groups (broad SMARTS) is 1. The van der Waals surface area contributed by atoms with Crippen molar-refractivity contribution in [3.05, 3.63) is 58.6 Å². The van der Waals surface area contributed by atoms with Crippen LogP contribution in [0.1, 0.15) is 47.7 Å². The topological polar surface area (TPSA) is 92.2 Å². The number of carbonyl (C=O) groups is 2. The molecule has 0 saturated carbocycles. The molecule has 0 aliphatic rings. The summed E-state index contributed by atoms with van der Waals surface area (Å²) in [6.45, 7) is 3.77. The molecular weight excluding hydrogens is 318 g/mol. The van der Waals surface area contributed by atoms with Crippen LogP contribution in [0.2, 0.25) is 5.02 Å². The van der Waals surface area contributed by atoms with E-state index >= 15 is 0 Å². The summed E-state index contributed by atoms with van der Waals surface area (Å²) in [7, 11) is 0. The number of carbonyl (C=O) groups excluding carboxylic acids is 1. The van der Waals surface area contributed by atoms with Gasteiger partial charge >= 0.3 is 5.97 Å². The van der Waals surface area contributed by atoms with Gasteiger partial charge in [-0.05, 0) is 5.56 Å². The SMILES string of the molecule is CC(C)c1ncc(Cl)c(C(=O)NC(C(=O)O)c2ccccc2)n1. The second-order valence-corrected chi connectivity index (χ2v) is 5.64. The van der Waals surface area contributed by atoms with Gasteiger partial charge in [0, 0.05) is 5.92 Å². The van der Waals surface area contributed by atoms with E-state index in [-0.39, 0.29) is 16.6 Å². The Kier molecular flexibility index (Phi) is 5.28. The zero-order valence-electron chi connectivity index (χ0n) is 12.7. The van der Waals surface area contributed by atoms with Crippen LogP contribution in [0.5, 0.6) is 0 Å². The van der Waals surface area contributed by atoms with Gasteiger partial charge in [0.15, 0.2) is 6.04 Å². The van der Waals surface area contributed by atoms with Crippen molar-refractivity contribution in [2.45, 2.75) is 25.8 Å². The van der Waals surface area contributed by atoms with Gasteiger partial charge in [-0.15, -0.1) is 0 Å². The molecule has 120 valence electrons. The molecule has 2 aromatic rings. The monoisotopic (exact) mass is 333 g/mol. The maximum atomic E-state index is 12.4. The molecule has 0 aliphatic carbocycles. The van der Waals surface area contributed by atoms with Gasteiger partial charge in [0.2, 0.25) is 0 Å². The first kappa shape index (κ1) is 16.9. The van der Waals surface area contributed by atoms with Gasteiger partial charge in [0.1, 0.15) is 11.5 Å². The van der Waals surface area contributed by atoms with Gasteiger partial charge in [-0.25, -0.2) is 14.8 Å². The van der Waals surface area contributed by atoms with Crippen molar-refractivity contribution in [2.75, 3.05) is 0 Å². The van der Waals surface area contributed by atoms with E-state index in [1.807, 2.05) is 13.8 Å². The van der Waals surface area contributed by atoms with Gasteiger partial charge in [-0.2, -0.15) is 0 Å². The van der Waals surface area contributed by atoms with Crippen molar-refractivity contribution in [1.29, 1.82) is 0 Å². The largest absolute Gasteiger partial charge is 0.479 e. The minimum absolute atomic E-state index is 0.0169. The Balaban J connectivity index is 2.30. The summed E-state index contributed by atoms with van der Waals surface area (Å²) in [5, 5.41) is 11.9. The molecule has 1 atom stereocenters. The highest BCUT2D eigenvalue weighted by Crippen LogP contribution is 2.18. The van der Waals surface area contributed by atoms with E-state index in [2.05, 4.69) is 15.3 Å². The quantitative estimate of drug-likeness (QED) is 0.877. The summed E-state index contributed by atoms with van der Waals surface area (Å²) in [4.78, 5) is 32.0. The summed E-state index contributed by atoms with van der Waals surface area (Å²) in [6.07, 6.45) is 1.34.